The fourth-order valence-electron chi connectivity index (χ4n) is 4.18. The minimum atomic E-state index is 0.147. The van der Waals surface area contributed by atoms with Crippen molar-refractivity contribution in [2.75, 3.05) is 13.1 Å². The summed E-state index contributed by atoms with van der Waals surface area (Å²) in [4.78, 5) is 18.4. The number of fused-ring (bicyclic) bond motifs is 1. The Labute approximate surface area is 172 Å². The predicted molar refractivity (Wildman–Crippen MR) is 117 cm³/mol. The summed E-state index contributed by atoms with van der Waals surface area (Å²) >= 11 is 0. The predicted octanol–water partition coefficient (Wildman–Crippen LogP) is 5.24. The lowest BCUT2D eigenvalue weighted by Crippen LogP contribution is -2.46. The van der Waals surface area contributed by atoms with E-state index in [2.05, 4.69) is 49.2 Å². The Morgan fingerprint density at radius 3 is 2.72 bits per heavy atom. The molecule has 0 N–H and O–H groups in total. The van der Waals surface area contributed by atoms with Crippen molar-refractivity contribution >= 4 is 16.8 Å². The van der Waals surface area contributed by atoms with Crippen LogP contribution in [0.1, 0.15) is 32.3 Å². The molecule has 2 unspecified atom stereocenters. The van der Waals surface area contributed by atoms with Gasteiger partial charge in [-0.3, -0.25) is 9.78 Å². The van der Waals surface area contributed by atoms with Crippen molar-refractivity contribution < 1.29 is 9.53 Å². The Morgan fingerprint density at radius 1 is 1.21 bits per heavy atom. The number of carbonyl (C=O) groups is 1. The van der Waals surface area contributed by atoms with E-state index in [-0.39, 0.29) is 12.0 Å². The number of likely N-dealkylation sites (tertiary alicyclic amines) is 1. The summed E-state index contributed by atoms with van der Waals surface area (Å²) in [5, 5.41) is 1.16. The summed E-state index contributed by atoms with van der Waals surface area (Å²) in [6.07, 6.45) is 3.43. The Hall–Kier alpha value is -2.88. The Morgan fingerprint density at radius 2 is 2.00 bits per heavy atom. The normalized spacial score (nSPS) is 19.3. The van der Waals surface area contributed by atoms with Crippen molar-refractivity contribution in [2.24, 2.45) is 5.92 Å². The van der Waals surface area contributed by atoms with Crippen LogP contribution in [-0.2, 0) is 4.79 Å². The van der Waals surface area contributed by atoms with Crippen LogP contribution in [0.4, 0.5) is 0 Å². The highest BCUT2D eigenvalue weighted by atomic mass is 16.5. The van der Waals surface area contributed by atoms with Gasteiger partial charge in [0.2, 0.25) is 5.91 Å². The van der Waals surface area contributed by atoms with E-state index in [0.717, 1.165) is 36.2 Å². The molecule has 0 aliphatic carbocycles. The fraction of sp³-hybridized carbons (Fsp3) is 0.360. The van der Waals surface area contributed by atoms with Crippen molar-refractivity contribution in [3.8, 4) is 16.9 Å². The second-order valence-electron chi connectivity index (χ2n) is 8.00. The molecule has 1 fully saturated rings. The molecule has 29 heavy (non-hydrogen) atoms. The van der Waals surface area contributed by atoms with E-state index in [0.29, 0.717) is 12.3 Å². The van der Waals surface area contributed by atoms with Gasteiger partial charge in [-0.25, -0.2) is 0 Å². The Kier molecular flexibility index (Phi) is 5.52. The maximum Gasteiger partial charge on any atom is 0.222 e. The summed E-state index contributed by atoms with van der Waals surface area (Å²) in [5.74, 6) is 1.45. The number of hydrogen-bond donors (Lipinski definition) is 0. The van der Waals surface area contributed by atoms with Crippen LogP contribution in [0.2, 0.25) is 0 Å². The van der Waals surface area contributed by atoms with E-state index < -0.39 is 0 Å². The third kappa shape index (κ3) is 4.12. The Balaban J connectivity index is 1.48. The summed E-state index contributed by atoms with van der Waals surface area (Å²) in [7, 11) is 0. The lowest BCUT2D eigenvalue weighted by molar-refractivity contribution is -0.134. The monoisotopic (exact) mass is 388 g/mol. The van der Waals surface area contributed by atoms with Gasteiger partial charge in [-0.1, -0.05) is 32.0 Å². The fourth-order valence-corrected chi connectivity index (χ4v) is 4.18. The maximum atomic E-state index is 11.9. The van der Waals surface area contributed by atoms with Crippen LogP contribution in [0.15, 0.2) is 54.7 Å². The van der Waals surface area contributed by atoms with Gasteiger partial charge in [-0.15, -0.1) is 0 Å². The first-order valence-electron chi connectivity index (χ1n) is 10.5. The molecular formula is C25H28N2O2. The first-order chi connectivity index (χ1) is 14.0. The molecule has 4 heteroatoms. The van der Waals surface area contributed by atoms with Crippen LogP contribution in [0, 0.1) is 12.8 Å². The molecule has 4 rings (SSSR count). The number of ether oxygens (including phenoxy) is 1. The van der Waals surface area contributed by atoms with Crippen LogP contribution in [0.25, 0.3) is 22.0 Å². The number of aromatic nitrogens is 1. The zero-order chi connectivity index (χ0) is 20.4. The van der Waals surface area contributed by atoms with Crippen LogP contribution < -0.4 is 4.74 Å². The maximum absolute atomic E-state index is 11.9. The SMILES string of the molecule is CCC(=O)N1CCC(Oc2ccc(-c3cc4ncccc4cc3C)cc2)C(C)C1. The minimum Gasteiger partial charge on any atom is -0.490 e. The van der Waals surface area contributed by atoms with Gasteiger partial charge in [0.05, 0.1) is 5.52 Å². The lowest BCUT2D eigenvalue weighted by Gasteiger charge is -2.36. The molecule has 1 aromatic heterocycles. The molecule has 2 atom stereocenters. The van der Waals surface area contributed by atoms with Gasteiger partial charge in [0.1, 0.15) is 11.9 Å². The molecule has 4 nitrogen and oxygen atoms in total. The van der Waals surface area contributed by atoms with Crippen molar-refractivity contribution in [2.45, 2.75) is 39.7 Å². The number of hydrogen-bond acceptors (Lipinski definition) is 3. The zero-order valence-electron chi connectivity index (χ0n) is 17.4. The highest BCUT2D eigenvalue weighted by Gasteiger charge is 2.29. The molecule has 0 spiro atoms. The van der Waals surface area contributed by atoms with E-state index in [1.807, 2.05) is 36.2 Å². The average molecular weight is 389 g/mol. The summed E-state index contributed by atoms with van der Waals surface area (Å²) in [5.41, 5.74) is 4.61. The average Bonchev–Trinajstić information content (AvgIpc) is 2.74. The smallest absolute Gasteiger partial charge is 0.222 e. The molecule has 1 aliphatic heterocycles. The molecule has 2 heterocycles. The second-order valence-corrected chi connectivity index (χ2v) is 8.00. The van der Waals surface area contributed by atoms with E-state index in [9.17, 15) is 4.79 Å². The number of benzene rings is 2. The van der Waals surface area contributed by atoms with Gasteiger partial charge < -0.3 is 9.64 Å². The number of piperidine rings is 1. The van der Waals surface area contributed by atoms with E-state index >= 15 is 0 Å². The van der Waals surface area contributed by atoms with Crippen molar-refractivity contribution in [1.29, 1.82) is 0 Å². The lowest BCUT2D eigenvalue weighted by atomic mass is 9.96. The molecule has 0 saturated carbocycles. The van der Waals surface area contributed by atoms with Crippen LogP contribution in [0.5, 0.6) is 5.75 Å². The highest BCUT2D eigenvalue weighted by Crippen LogP contribution is 2.30. The summed E-state index contributed by atoms with van der Waals surface area (Å²) in [6, 6.07) is 16.7. The van der Waals surface area contributed by atoms with Crippen molar-refractivity contribution in [3.05, 3.63) is 60.3 Å². The number of carbonyl (C=O) groups excluding carboxylic acids is 1. The zero-order valence-corrected chi connectivity index (χ0v) is 17.4. The summed E-state index contributed by atoms with van der Waals surface area (Å²) < 4.78 is 6.27. The van der Waals surface area contributed by atoms with Crippen LogP contribution >= 0.6 is 0 Å². The second kappa shape index (κ2) is 8.24. The third-order valence-corrected chi connectivity index (χ3v) is 5.88. The van der Waals surface area contributed by atoms with E-state index in [1.54, 1.807) is 0 Å². The largest absolute Gasteiger partial charge is 0.490 e. The number of aryl methyl sites for hydroxylation is 1. The molecule has 1 aliphatic rings. The third-order valence-electron chi connectivity index (χ3n) is 5.88. The molecule has 1 saturated heterocycles. The number of nitrogens with zero attached hydrogens (tertiary/aromatic N) is 2. The van der Waals surface area contributed by atoms with Gasteiger partial charge in [0, 0.05) is 43.4 Å². The van der Waals surface area contributed by atoms with Crippen LogP contribution in [-0.4, -0.2) is 35.0 Å². The summed E-state index contributed by atoms with van der Waals surface area (Å²) in [6.45, 7) is 7.78. The Bertz CT molecular complexity index is 1010. The molecule has 0 radical (unpaired) electrons. The minimum absolute atomic E-state index is 0.147. The molecule has 3 aromatic rings. The van der Waals surface area contributed by atoms with E-state index in [1.165, 1.54) is 16.7 Å². The number of rotatable bonds is 4. The highest BCUT2D eigenvalue weighted by molar-refractivity contribution is 5.86. The molecule has 0 bridgehead atoms. The van der Waals surface area contributed by atoms with E-state index in [4.69, 9.17) is 4.74 Å². The standard InChI is InChI=1S/C25H28N2O2/c1-4-25(28)27-13-11-24(18(3)16-27)29-21-9-7-19(8-10-21)22-15-23-20(14-17(22)2)6-5-12-26-23/h5-10,12,14-15,18,24H,4,11,13,16H2,1-3H3. The number of amides is 1. The number of pyridine rings is 1. The molecular weight excluding hydrogens is 360 g/mol. The van der Waals surface area contributed by atoms with Crippen LogP contribution in [0.3, 0.4) is 0 Å². The van der Waals surface area contributed by atoms with Crippen molar-refractivity contribution in [1.82, 2.24) is 9.88 Å². The van der Waals surface area contributed by atoms with Gasteiger partial charge in [0.15, 0.2) is 0 Å². The van der Waals surface area contributed by atoms with Gasteiger partial charge in [0.25, 0.3) is 0 Å². The van der Waals surface area contributed by atoms with Crippen molar-refractivity contribution in [3.63, 3.8) is 0 Å². The van der Waals surface area contributed by atoms with Gasteiger partial charge in [-0.05, 0) is 53.9 Å². The topological polar surface area (TPSA) is 42.4 Å². The van der Waals surface area contributed by atoms with Gasteiger partial charge >= 0.3 is 0 Å². The first-order valence-corrected chi connectivity index (χ1v) is 10.5. The quantitative estimate of drug-likeness (QED) is 0.614. The first kappa shape index (κ1) is 19.4. The molecule has 150 valence electrons. The van der Waals surface area contributed by atoms with Gasteiger partial charge in [-0.2, -0.15) is 0 Å². The molecule has 2 aromatic carbocycles. The molecule has 1 amide bonds.